The van der Waals surface area contributed by atoms with Crippen LogP contribution in [0.2, 0.25) is 0 Å². The highest BCUT2D eigenvalue weighted by atomic mass is 16.2. The highest BCUT2D eigenvalue weighted by Crippen LogP contribution is 2.33. The van der Waals surface area contributed by atoms with E-state index in [0.29, 0.717) is 0 Å². The first kappa shape index (κ1) is 14.4. The Hall–Kier alpha value is -2.15. The van der Waals surface area contributed by atoms with Crippen LogP contribution in [0.3, 0.4) is 0 Å². The van der Waals surface area contributed by atoms with Crippen LogP contribution < -0.4 is 0 Å². The minimum absolute atomic E-state index is 0.246. The molecule has 2 aliphatic rings. The maximum absolute atomic E-state index is 13.1. The number of H-pyrrole nitrogens is 1. The zero-order valence-corrected chi connectivity index (χ0v) is 13.2. The lowest BCUT2D eigenvalue weighted by Gasteiger charge is -2.45. The molecule has 122 valence electrons. The third kappa shape index (κ3) is 2.55. The molecule has 4 rings (SSSR count). The Bertz CT molecular complexity index is 638. The van der Waals surface area contributed by atoms with Crippen molar-refractivity contribution in [2.75, 3.05) is 26.2 Å². The van der Waals surface area contributed by atoms with E-state index in [0.717, 1.165) is 52.0 Å². The topological polar surface area (TPSA) is 70.1 Å². The molecular weight excluding hydrogens is 292 g/mol. The van der Waals surface area contributed by atoms with Gasteiger partial charge in [-0.3, -0.25) is 19.5 Å². The molecule has 0 bridgehead atoms. The van der Waals surface area contributed by atoms with E-state index in [4.69, 9.17) is 0 Å². The van der Waals surface area contributed by atoms with E-state index in [2.05, 4.69) is 20.2 Å². The Kier molecular flexibility index (Phi) is 3.65. The summed E-state index contributed by atoms with van der Waals surface area (Å²) < 4.78 is 1.89. The van der Waals surface area contributed by atoms with E-state index in [1.807, 2.05) is 34.2 Å². The Labute approximate surface area is 135 Å². The molecule has 0 atom stereocenters. The fourth-order valence-corrected chi connectivity index (χ4v) is 3.58. The molecular formula is C16H22N6O. The average Bonchev–Trinajstić information content (AvgIpc) is 3.19. The Morgan fingerprint density at radius 3 is 2.65 bits per heavy atom. The van der Waals surface area contributed by atoms with E-state index in [9.17, 15) is 4.79 Å². The van der Waals surface area contributed by atoms with Gasteiger partial charge in [-0.15, -0.1) is 0 Å². The van der Waals surface area contributed by atoms with E-state index in [1.165, 1.54) is 5.56 Å². The molecule has 0 aliphatic carbocycles. The van der Waals surface area contributed by atoms with Crippen molar-refractivity contribution in [3.05, 3.63) is 36.4 Å². The van der Waals surface area contributed by atoms with Crippen molar-refractivity contribution < 1.29 is 4.79 Å². The summed E-state index contributed by atoms with van der Waals surface area (Å²) in [6.07, 6.45) is 10.2. The van der Waals surface area contributed by atoms with Crippen LogP contribution in [-0.4, -0.2) is 61.9 Å². The third-order valence-corrected chi connectivity index (χ3v) is 5.13. The first-order valence-corrected chi connectivity index (χ1v) is 8.27. The molecule has 0 unspecified atom stereocenters. The van der Waals surface area contributed by atoms with Crippen molar-refractivity contribution in [3.8, 4) is 0 Å². The fraction of sp³-hybridized carbons (Fsp3) is 0.562. The number of aromatic nitrogens is 4. The molecule has 2 saturated heterocycles. The van der Waals surface area contributed by atoms with Gasteiger partial charge in [0.1, 0.15) is 5.54 Å². The number of carbonyl (C=O) groups is 1. The van der Waals surface area contributed by atoms with Crippen molar-refractivity contribution in [1.29, 1.82) is 0 Å². The molecule has 2 aliphatic heterocycles. The number of aromatic amines is 1. The van der Waals surface area contributed by atoms with E-state index >= 15 is 0 Å². The van der Waals surface area contributed by atoms with Crippen LogP contribution in [0.4, 0.5) is 0 Å². The Morgan fingerprint density at radius 1 is 1.26 bits per heavy atom. The van der Waals surface area contributed by atoms with Crippen LogP contribution in [0.1, 0.15) is 24.8 Å². The first-order valence-electron chi connectivity index (χ1n) is 8.27. The van der Waals surface area contributed by atoms with Crippen molar-refractivity contribution in [2.24, 2.45) is 0 Å². The number of nitrogens with one attached hydrogen (secondary N) is 1. The smallest absolute Gasteiger partial charge is 0.250 e. The van der Waals surface area contributed by atoms with Gasteiger partial charge in [-0.25, -0.2) is 0 Å². The predicted molar refractivity (Wildman–Crippen MR) is 84.5 cm³/mol. The van der Waals surface area contributed by atoms with Crippen molar-refractivity contribution in [3.63, 3.8) is 0 Å². The molecule has 1 N–H and O–H groups in total. The van der Waals surface area contributed by atoms with E-state index < -0.39 is 5.54 Å². The minimum atomic E-state index is -0.503. The average molecular weight is 314 g/mol. The van der Waals surface area contributed by atoms with Crippen LogP contribution in [-0.2, 0) is 16.9 Å². The number of piperidine rings is 1. The largest absolute Gasteiger partial charge is 0.340 e. The molecule has 0 aromatic carbocycles. The number of nitrogens with zero attached hydrogens (tertiary/aromatic N) is 5. The Morgan fingerprint density at radius 2 is 2.09 bits per heavy atom. The van der Waals surface area contributed by atoms with Gasteiger partial charge in [-0.1, -0.05) is 0 Å². The summed E-state index contributed by atoms with van der Waals surface area (Å²) in [6.45, 7) is 4.44. The normalized spacial score (nSPS) is 21.1. The van der Waals surface area contributed by atoms with Gasteiger partial charge in [-0.05, 0) is 25.3 Å². The molecule has 4 heterocycles. The third-order valence-electron chi connectivity index (χ3n) is 5.13. The molecule has 2 aromatic rings. The summed E-state index contributed by atoms with van der Waals surface area (Å²) in [4.78, 5) is 17.4. The second-order valence-electron chi connectivity index (χ2n) is 6.51. The second kappa shape index (κ2) is 5.81. The number of hydrogen-bond acceptors (Lipinski definition) is 4. The number of amides is 1. The molecule has 0 spiro atoms. The van der Waals surface area contributed by atoms with Crippen LogP contribution in [0, 0.1) is 0 Å². The van der Waals surface area contributed by atoms with Gasteiger partial charge in [0.15, 0.2) is 0 Å². The van der Waals surface area contributed by atoms with E-state index in [1.54, 1.807) is 6.20 Å². The van der Waals surface area contributed by atoms with Gasteiger partial charge in [0.05, 0.1) is 6.20 Å². The number of rotatable bonds is 4. The summed E-state index contributed by atoms with van der Waals surface area (Å²) in [6, 6.07) is 1.91. The molecule has 7 nitrogen and oxygen atoms in total. The van der Waals surface area contributed by atoms with Gasteiger partial charge in [0.2, 0.25) is 0 Å². The lowest BCUT2D eigenvalue weighted by atomic mass is 9.85. The molecule has 1 amide bonds. The second-order valence-corrected chi connectivity index (χ2v) is 6.51. The zero-order valence-electron chi connectivity index (χ0n) is 13.2. The quantitative estimate of drug-likeness (QED) is 0.907. The fourth-order valence-electron chi connectivity index (χ4n) is 3.58. The van der Waals surface area contributed by atoms with Gasteiger partial charge in [-0.2, -0.15) is 10.2 Å². The minimum Gasteiger partial charge on any atom is -0.340 e. The Balaban J connectivity index is 1.51. The lowest BCUT2D eigenvalue weighted by molar-refractivity contribution is -0.148. The first-order chi connectivity index (χ1) is 11.3. The zero-order chi connectivity index (χ0) is 15.7. The number of hydrogen-bond donors (Lipinski definition) is 1. The van der Waals surface area contributed by atoms with Crippen LogP contribution in [0.5, 0.6) is 0 Å². The standard InChI is InChI=1S/C16H22N6O/c23-15(21-6-2-7-21)16(22-8-1-5-19-22)3-9-20(10-4-16)13-14-11-17-18-12-14/h1,5,8,11-12H,2-4,6-7,9-10,13H2,(H,17,18). The summed E-state index contributed by atoms with van der Waals surface area (Å²) in [5, 5.41) is 11.3. The molecule has 23 heavy (non-hydrogen) atoms. The maximum atomic E-state index is 13.1. The molecule has 7 heteroatoms. The summed E-state index contributed by atoms with van der Waals surface area (Å²) in [7, 11) is 0. The number of likely N-dealkylation sites (tertiary alicyclic amines) is 2. The van der Waals surface area contributed by atoms with Crippen LogP contribution in [0.15, 0.2) is 30.9 Å². The van der Waals surface area contributed by atoms with Gasteiger partial charge >= 0.3 is 0 Å². The van der Waals surface area contributed by atoms with Crippen molar-refractivity contribution in [1.82, 2.24) is 29.8 Å². The SMILES string of the molecule is O=C(N1CCC1)C1(n2cccn2)CCN(Cc2cn[nH]c2)CC1. The van der Waals surface area contributed by atoms with Crippen LogP contribution in [0.25, 0.3) is 0 Å². The summed E-state index contributed by atoms with van der Waals surface area (Å²) >= 11 is 0. The molecule has 2 aromatic heterocycles. The number of carbonyl (C=O) groups excluding carboxylic acids is 1. The summed E-state index contributed by atoms with van der Waals surface area (Å²) in [5.41, 5.74) is 0.683. The monoisotopic (exact) mass is 314 g/mol. The van der Waals surface area contributed by atoms with Gasteiger partial charge in [0.25, 0.3) is 5.91 Å². The molecule has 2 fully saturated rings. The van der Waals surface area contributed by atoms with E-state index in [-0.39, 0.29) is 5.91 Å². The predicted octanol–water partition coefficient (Wildman–Crippen LogP) is 0.830. The summed E-state index contributed by atoms with van der Waals surface area (Å²) in [5.74, 6) is 0.246. The van der Waals surface area contributed by atoms with Crippen molar-refractivity contribution in [2.45, 2.75) is 31.3 Å². The van der Waals surface area contributed by atoms with Gasteiger partial charge in [0, 0.05) is 56.9 Å². The maximum Gasteiger partial charge on any atom is 0.250 e. The molecule has 0 saturated carbocycles. The lowest BCUT2D eigenvalue weighted by Crippen LogP contribution is -2.59. The highest BCUT2D eigenvalue weighted by Gasteiger charge is 2.46. The molecule has 0 radical (unpaired) electrons. The van der Waals surface area contributed by atoms with Gasteiger partial charge < -0.3 is 4.90 Å². The highest BCUT2D eigenvalue weighted by molar-refractivity contribution is 5.85. The van der Waals surface area contributed by atoms with Crippen LogP contribution >= 0.6 is 0 Å². The van der Waals surface area contributed by atoms with Crippen molar-refractivity contribution >= 4 is 5.91 Å².